The molecule has 1 unspecified atom stereocenters. The number of carboxylic acid groups (broad SMARTS) is 1. The topological polar surface area (TPSA) is 74.7 Å². The zero-order valence-electron chi connectivity index (χ0n) is 11.7. The van der Waals surface area contributed by atoms with Crippen molar-refractivity contribution in [3.8, 4) is 0 Å². The number of benzene rings is 2. The summed E-state index contributed by atoms with van der Waals surface area (Å²) in [5.41, 5.74) is 0.0835. The lowest BCUT2D eigenvalue weighted by molar-refractivity contribution is -0.137. The van der Waals surface area contributed by atoms with Crippen LogP contribution in [0.2, 0.25) is 0 Å². The minimum atomic E-state index is -4.08. The van der Waals surface area contributed by atoms with Crippen molar-refractivity contribution in [2.45, 2.75) is 17.9 Å². The van der Waals surface area contributed by atoms with Crippen LogP contribution >= 0.6 is 0 Å². The van der Waals surface area contributed by atoms with Gasteiger partial charge in [-0.2, -0.15) is 0 Å². The third-order valence-corrected chi connectivity index (χ3v) is 5.00. The van der Waals surface area contributed by atoms with Gasteiger partial charge in [0.25, 0.3) is 10.0 Å². The van der Waals surface area contributed by atoms with Gasteiger partial charge < -0.3 is 5.11 Å². The molecule has 0 amide bonds. The molecule has 2 aromatic carbocycles. The molecule has 0 aromatic heterocycles. The first-order valence-electron chi connectivity index (χ1n) is 6.42. The number of aliphatic carboxylic acids is 1. The van der Waals surface area contributed by atoms with E-state index in [2.05, 4.69) is 0 Å². The fourth-order valence-corrected chi connectivity index (χ4v) is 3.60. The Morgan fingerprint density at radius 1 is 1.09 bits per heavy atom. The number of carboxylic acids is 1. The van der Waals surface area contributed by atoms with Gasteiger partial charge >= 0.3 is 5.97 Å². The Kier molecular flexibility index (Phi) is 4.46. The van der Waals surface area contributed by atoms with E-state index < -0.39 is 27.9 Å². The van der Waals surface area contributed by atoms with Crippen LogP contribution in [0.5, 0.6) is 0 Å². The van der Waals surface area contributed by atoms with Crippen LogP contribution in [0.1, 0.15) is 6.92 Å². The number of halogens is 1. The quantitative estimate of drug-likeness (QED) is 0.917. The molecule has 0 saturated carbocycles. The van der Waals surface area contributed by atoms with Gasteiger partial charge in [0, 0.05) is 0 Å². The van der Waals surface area contributed by atoms with E-state index in [1.54, 1.807) is 18.2 Å². The number of nitrogens with zero attached hydrogens (tertiary/aromatic N) is 1. The highest BCUT2D eigenvalue weighted by molar-refractivity contribution is 7.92. The minimum absolute atomic E-state index is 0.0348. The number of hydrogen-bond acceptors (Lipinski definition) is 3. The number of anilines is 1. The molecule has 0 radical (unpaired) electrons. The summed E-state index contributed by atoms with van der Waals surface area (Å²) in [4.78, 5) is 11.2. The fourth-order valence-electron chi connectivity index (χ4n) is 1.96. The Morgan fingerprint density at radius 2 is 1.64 bits per heavy atom. The molecule has 0 heterocycles. The second-order valence-corrected chi connectivity index (χ2v) is 6.42. The van der Waals surface area contributed by atoms with Gasteiger partial charge in [0.2, 0.25) is 0 Å². The van der Waals surface area contributed by atoms with Crippen molar-refractivity contribution >= 4 is 21.7 Å². The molecule has 0 aliphatic carbocycles. The number of hydrogen-bond donors (Lipinski definition) is 1. The van der Waals surface area contributed by atoms with E-state index in [4.69, 9.17) is 0 Å². The highest BCUT2D eigenvalue weighted by Gasteiger charge is 2.33. The molecule has 0 aliphatic rings. The molecule has 0 bridgehead atoms. The maximum Gasteiger partial charge on any atom is 0.327 e. The van der Waals surface area contributed by atoms with Crippen LogP contribution in [0.25, 0.3) is 0 Å². The zero-order chi connectivity index (χ0) is 16.3. The molecule has 1 N–H and O–H groups in total. The standard InChI is InChI=1S/C15H14FNO4S/c1-11(15(18)19)17(13-9-7-12(16)8-10-13)22(20,21)14-5-3-2-4-6-14/h2-11H,1H3,(H,18,19). The van der Waals surface area contributed by atoms with Crippen LogP contribution in [0.3, 0.4) is 0 Å². The van der Waals surface area contributed by atoms with Gasteiger partial charge in [0.1, 0.15) is 11.9 Å². The lowest BCUT2D eigenvalue weighted by Gasteiger charge is -2.28. The summed E-state index contributed by atoms with van der Waals surface area (Å²) in [6.45, 7) is 1.26. The van der Waals surface area contributed by atoms with Crippen LogP contribution < -0.4 is 4.31 Å². The van der Waals surface area contributed by atoms with Gasteiger partial charge in [-0.1, -0.05) is 18.2 Å². The summed E-state index contributed by atoms with van der Waals surface area (Å²) in [6, 6.07) is 10.8. The van der Waals surface area contributed by atoms with Gasteiger partial charge in [-0.3, -0.25) is 4.31 Å². The second-order valence-electron chi connectivity index (χ2n) is 4.60. The predicted octanol–water partition coefficient (Wildman–Crippen LogP) is 2.49. The van der Waals surface area contributed by atoms with Crippen LogP contribution in [0.4, 0.5) is 10.1 Å². The summed E-state index contributed by atoms with van der Waals surface area (Å²) < 4.78 is 39.3. The van der Waals surface area contributed by atoms with E-state index >= 15 is 0 Å². The first-order chi connectivity index (χ1) is 10.3. The van der Waals surface area contributed by atoms with Crippen molar-refractivity contribution in [1.82, 2.24) is 0 Å². The second kappa shape index (κ2) is 6.15. The van der Waals surface area contributed by atoms with Crippen molar-refractivity contribution in [1.29, 1.82) is 0 Å². The predicted molar refractivity (Wildman–Crippen MR) is 79.6 cm³/mol. The Labute approximate surface area is 127 Å². The minimum Gasteiger partial charge on any atom is -0.480 e. The van der Waals surface area contributed by atoms with E-state index in [1.165, 1.54) is 31.2 Å². The van der Waals surface area contributed by atoms with Crippen molar-refractivity contribution < 1.29 is 22.7 Å². The summed E-state index contributed by atoms with van der Waals surface area (Å²) in [6.07, 6.45) is 0. The summed E-state index contributed by atoms with van der Waals surface area (Å²) in [5.74, 6) is -1.84. The lowest BCUT2D eigenvalue weighted by Crippen LogP contribution is -2.43. The molecular weight excluding hydrogens is 309 g/mol. The molecule has 0 saturated heterocycles. The Hall–Kier alpha value is -2.41. The van der Waals surface area contributed by atoms with Crippen molar-refractivity contribution in [2.24, 2.45) is 0 Å². The maximum absolute atomic E-state index is 13.0. The molecule has 2 aromatic rings. The molecule has 0 fully saturated rings. The average Bonchev–Trinajstić information content (AvgIpc) is 2.50. The molecule has 0 aliphatic heterocycles. The molecule has 116 valence electrons. The Bertz CT molecular complexity index is 760. The van der Waals surface area contributed by atoms with Crippen LogP contribution in [0, 0.1) is 5.82 Å². The molecule has 0 spiro atoms. The van der Waals surface area contributed by atoms with Crippen LogP contribution in [0.15, 0.2) is 59.5 Å². The Morgan fingerprint density at radius 3 is 2.14 bits per heavy atom. The molecule has 2 rings (SSSR count). The van der Waals surface area contributed by atoms with Crippen molar-refractivity contribution in [3.63, 3.8) is 0 Å². The normalized spacial score (nSPS) is 12.6. The average molecular weight is 323 g/mol. The van der Waals surface area contributed by atoms with Gasteiger partial charge in [0.05, 0.1) is 10.6 Å². The number of carbonyl (C=O) groups is 1. The monoisotopic (exact) mass is 323 g/mol. The SMILES string of the molecule is CC(C(=O)O)N(c1ccc(F)cc1)S(=O)(=O)c1ccccc1. The van der Waals surface area contributed by atoms with E-state index in [9.17, 15) is 22.7 Å². The highest BCUT2D eigenvalue weighted by atomic mass is 32.2. The van der Waals surface area contributed by atoms with Crippen molar-refractivity contribution in [2.75, 3.05) is 4.31 Å². The van der Waals surface area contributed by atoms with Gasteiger partial charge in [-0.25, -0.2) is 17.6 Å². The molecule has 1 atom stereocenters. The fraction of sp³-hybridized carbons (Fsp3) is 0.133. The molecular formula is C15H14FNO4S. The summed E-state index contributed by atoms with van der Waals surface area (Å²) >= 11 is 0. The van der Waals surface area contributed by atoms with Gasteiger partial charge in [-0.05, 0) is 43.3 Å². The largest absolute Gasteiger partial charge is 0.480 e. The third-order valence-electron chi connectivity index (χ3n) is 3.09. The zero-order valence-corrected chi connectivity index (χ0v) is 12.5. The Balaban J connectivity index is 2.59. The smallest absolute Gasteiger partial charge is 0.327 e. The van der Waals surface area contributed by atoms with E-state index in [0.29, 0.717) is 0 Å². The molecule has 5 nitrogen and oxygen atoms in total. The van der Waals surface area contributed by atoms with Crippen LogP contribution in [-0.4, -0.2) is 25.5 Å². The summed E-state index contributed by atoms with van der Waals surface area (Å²) in [5, 5.41) is 9.20. The maximum atomic E-state index is 13.0. The van der Waals surface area contributed by atoms with Crippen molar-refractivity contribution in [3.05, 3.63) is 60.4 Å². The molecule has 22 heavy (non-hydrogen) atoms. The van der Waals surface area contributed by atoms with Gasteiger partial charge in [0.15, 0.2) is 0 Å². The first kappa shape index (κ1) is 16.0. The highest BCUT2D eigenvalue weighted by Crippen LogP contribution is 2.26. The van der Waals surface area contributed by atoms with Crippen LogP contribution in [-0.2, 0) is 14.8 Å². The molecule has 7 heteroatoms. The lowest BCUT2D eigenvalue weighted by atomic mass is 10.2. The number of sulfonamides is 1. The summed E-state index contributed by atoms with van der Waals surface area (Å²) in [7, 11) is -4.08. The van der Waals surface area contributed by atoms with E-state index in [0.717, 1.165) is 16.4 Å². The third kappa shape index (κ3) is 3.09. The first-order valence-corrected chi connectivity index (χ1v) is 7.86. The van der Waals surface area contributed by atoms with Gasteiger partial charge in [-0.15, -0.1) is 0 Å². The number of rotatable bonds is 5. The van der Waals surface area contributed by atoms with E-state index in [-0.39, 0.29) is 10.6 Å². The van der Waals surface area contributed by atoms with E-state index in [1.807, 2.05) is 0 Å².